The molecule has 0 bridgehead atoms. The lowest BCUT2D eigenvalue weighted by Crippen LogP contribution is -2.38. The summed E-state index contributed by atoms with van der Waals surface area (Å²) in [6.45, 7) is 4.62. The van der Waals surface area contributed by atoms with E-state index in [9.17, 15) is 9.90 Å². The number of aromatic hydroxyl groups is 1. The molecular weight excluding hydrogens is 242 g/mol. The Hall–Kier alpha value is -1.59. The molecule has 0 radical (unpaired) electrons. The van der Waals surface area contributed by atoms with Crippen LogP contribution in [0.5, 0.6) is 5.75 Å². The highest BCUT2D eigenvalue weighted by atomic mass is 16.3. The number of benzene rings is 1. The summed E-state index contributed by atoms with van der Waals surface area (Å²) in [5.74, 6) is 0.229. The second-order valence-electron chi connectivity index (χ2n) is 4.79. The number of nitrogens with zero attached hydrogens (tertiary/aromatic N) is 1. The molecule has 1 aromatic carbocycles. The topological polar surface area (TPSA) is 64.6 Å². The summed E-state index contributed by atoms with van der Waals surface area (Å²) in [7, 11) is 0. The van der Waals surface area contributed by atoms with Gasteiger partial charge >= 0.3 is 0 Å². The van der Waals surface area contributed by atoms with Crippen molar-refractivity contribution in [2.24, 2.45) is 0 Å². The van der Waals surface area contributed by atoms with Crippen LogP contribution in [0.2, 0.25) is 0 Å². The zero-order valence-corrected chi connectivity index (χ0v) is 11.1. The van der Waals surface area contributed by atoms with Crippen molar-refractivity contribution in [1.82, 2.24) is 15.5 Å². The van der Waals surface area contributed by atoms with E-state index in [1.54, 1.807) is 12.1 Å². The van der Waals surface area contributed by atoms with Gasteiger partial charge in [-0.3, -0.25) is 9.69 Å². The maximum Gasteiger partial charge on any atom is 0.234 e. The standard InChI is InChI=1S/C14H21N3O2/c18-13-5-2-1-4-12(13)10-16-14(19)11-17-8-3-6-15-7-9-17/h1-2,4-5,15,18H,3,6-11H2,(H,16,19). The van der Waals surface area contributed by atoms with E-state index in [0.29, 0.717) is 13.1 Å². The molecule has 1 fully saturated rings. The average molecular weight is 263 g/mol. The van der Waals surface area contributed by atoms with Crippen LogP contribution in [0, 0.1) is 0 Å². The fraction of sp³-hybridized carbons (Fsp3) is 0.500. The number of amides is 1. The summed E-state index contributed by atoms with van der Waals surface area (Å²) in [6.07, 6.45) is 1.08. The molecule has 1 amide bonds. The second kappa shape index (κ2) is 7.11. The first kappa shape index (κ1) is 13.8. The number of carbonyl (C=O) groups is 1. The quantitative estimate of drug-likeness (QED) is 0.731. The van der Waals surface area contributed by atoms with E-state index in [0.717, 1.165) is 38.2 Å². The zero-order valence-electron chi connectivity index (χ0n) is 11.1. The van der Waals surface area contributed by atoms with Gasteiger partial charge in [-0.1, -0.05) is 18.2 Å². The Morgan fingerprint density at radius 1 is 1.32 bits per heavy atom. The van der Waals surface area contributed by atoms with Crippen LogP contribution in [-0.2, 0) is 11.3 Å². The number of carbonyl (C=O) groups excluding carboxylic acids is 1. The summed E-state index contributed by atoms with van der Waals surface area (Å²) in [4.78, 5) is 14.0. The highest BCUT2D eigenvalue weighted by Gasteiger charge is 2.12. The van der Waals surface area contributed by atoms with Crippen molar-refractivity contribution in [2.75, 3.05) is 32.7 Å². The molecule has 0 spiro atoms. The maximum absolute atomic E-state index is 11.9. The predicted octanol–water partition coefficient (Wildman–Crippen LogP) is 0.304. The van der Waals surface area contributed by atoms with Crippen LogP contribution in [0.25, 0.3) is 0 Å². The van der Waals surface area contributed by atoms with E-state index >= 15 is 0 Å². The van der Waals surface area contributed by atoms with Gasteiger partial charge in [-0.15, -0.1) is 0 Å². The van der Waals surface area contributed by atoms with Crippen LogP contribution in [0.15, 0.2) is 24.3 Å². The van der Waals surface area contributed by atoms with Crippen molar-refractivity contribution in [3.63, 3.8) is 0 Å². The summed E-state index contributed by atoms with van der Waals surface area (Å²) in [6, 6.07) is 7.06. The van der Waals surface area contributed by atoms with Crippen molar-refractivity contribution in [3.05, 3.63) is 29.8 Å². The fourth-order valence-corrected chi connectivity index (χ4v) is 2.17. The molecule has 0 saturated carbocycles. The molecule has 19 heavy (non-hydrogen) atoms. The lowest BCUT2D eigenvalue weighted by atomic mass is 10.2. The van der Waals surface area contributed by atoms with E-state index in [4.69, 9.17) is 0 Å². The summed E-state index contributed by atoms with van der Waals surface area (Å²) in [5, 5.41) is 15.8. The van der Waals surface area contributed by atoms with Crippen molar-refractivity contribution in [1.29, 1.82) is 0 Å². The largest absolute Gasteiger partial charge is 0.508 e. The lowest BCUT2D eigenvalue weighted by Gasteiger charge is -2.18. The third-order valence-electron chi connectivity index (χ3n) is 3.27. The molecule has 0 unspecified atom stereocenters. The third kappa shape index (κ3) is 4.54. The van der Waals surface area contributed by atoms with Gasteiger partial charge in [0, 0.05) is 25.2 Å². The maximum atomic E-state index is 11.9. The highest BCUT2D eigenvalue weighted by molar-refractivity contribution is 5.78. The highest BCUT2D eigenvalue weighted by Crippen LogP contribution is 2.14. The minimum Gasteiger partial charge on any atom is -0.508 e. The molecule has 0 aromatic heterocycles. The van der Waals surface area contributed by atoms with Gasteiger partial charge in [0.25, 0.3) is 0 Å². The van der Waals surface area contributed by atoms with Crippen molar-refractivity contribution in [2.45, 2.75) is 13.0 Å². The number of phenols is 1. The second-order valence-corrected chi connectivity index (χ2v) is 4.79. The van der Waals surface area contributed by atoms with Gasteiger partial charge < -0.3 is 15.7 Å². The van der Waals surface area contributed by atoms with Gasteiger partial charge in [0.2, 0.25) is 5.91 Å². The Bertz CT molecular complexity index is 415. The Morgan fingerprint density at radius 2 is 2.16 bits per heavy atom. The minimum atomic E-state index is 0.00477. The minimum absolute atomic E-state index is 0.00477. The Balaban J connectivity index is 1.76. The number of hydrogen-bond donors (Lipinski definition) is 3. The first-order valence-corrected chi connectivity index (χ1v) is 6.72. The summed E-state index contributed by atoms with van der Waals surface area (Å²) < 4.78 is 0. The molecule has 0 atom stereocenters. The molecule has 1 aliphatic heterocycles. The normalized spacial score (nSPS) is 16.8. The van der Waals surface area contributed by atoms with Gasteiger partial charge in [-0.05, 0) is 25.6 Å². The van der Waals surface area contributed by atoms with Crippen molar-refractivity contribution in [3.8, 4) is 5.75 Å². The predicted molar refractivity (Wildman–Crippen MR) is 73.9 cm³/mol. The first-order chi connectivity index (χ1) is 9.25. The molecule has 1 heterocycles. The SMILES string of the molecule is O=C(CN1CCCNCC1)NCc1ccccc1O. The average Bonchev–Trinajstić information content (AvgIpc) is 2.66. The molecule has 104 valence electrons. The van der Waals surface area contributed by atoms with E-state index in [1.165, 1.54) is 0 Å². The van der Waals surface area contributed by atoms with Crippen molar-refractivity contribution >= 4 is 5.91 Å². The fourth-order valence-electron chi connectivity index (χ4n) is 2.17. The van der Waals surface area contributed by atoms with Gasteiger partial charge in [0.1, 0.15) is 5.75 Å². The van der Waals surface area contributed by atoms with Crippen molar-refractivity contribution < 1.29 is 9.90 Å². The van der Waals surface area contributed by atoms with Crippen LogP contribution in [0.3, 0.4) is 0 Å². The lowest BCUT2D eigenvalue weighted by molar-refractivity contribution is -0.122. The number of para-hydroxylation sites is 1. The van der Waals surface area contributed by atoms with Crippen LogP contribution in [-0.4, -0.2) is 48.6 Å². The molecule has 0 aliphatic carbocycles. The van der Waals surface area contributed by atoms with Crippen LogP contribution in [0.4, 0.5) is 0 Å². The molecule has 1 aromatic rings. The molecule has 1 aliphatic rings. The van der Waals surface area contributed by atoms with Gasteiger partial charge in [-0.25, -0.2) is 0 Å². The number of hydrogen-bond acceptors (Lipinski definition) is 4. The number of phenolic OH excluding ortho intramolecular Hbond substituents is 1. The van der Waals surface area contributed by atoms with E-state index in [2.05, 4.69) is 15.5 Å². The van der Waals surface area contributed by atoms with E-state index in [-0.39, 0.29) is 11.7 Å². The van der Waals surface area contributed by atoms with E-state index in [1.807, 2.05) is 12.1 Å². The molecular formula is C14H21N3O2. The monoisotopic (exact) mass is 263 g/mol. The molecule has 5 heteroatoms. The van der Waals surface area contributed by atoms with Gasteiger partial charge in [-0.2, -0.15) is 0 Å². The van der Waals surface area contributed by atoms with Gasteiger partial charge in [0.15, 0.2) is 0 Å². The van der Waals surface area contributed by atoms with Crippen LogP contribution in [0.1, 0.15) is 12.0 Å². The molecule has 3 N–H and O–H groups in total. The van der Waals surface area contributed by atoms with Crippen LogP contribution >= 0.6 is 0 Å². The van der Waals surface area contributed by atoms with Gasteiger partial charge in [0.05, 0.1) is 6.54 Å². The molecule has 2 rings (SSSR count). The summed E-state index contributed by atoms with van der Waals surface area (Å²) >= 11 is 0. The Labute approximate surface area is 113 Å². The molecule has 1 saturated heterocycles. The first-order valence-electron chi connectivity index (χ1n) is 6.72. The Kier molecular flexibility index (Phi) is 5.18. The number of nitrogens with one attached hydrogen (secondary N) is 2. The summed E-state index contributed by atoms with van der Waals surface area (Å²) in [5.41, 5.74) is 0.744. The van der Waals surface area contributed by atoms with E-state index < -0.39 is 0 Å². The zero-order chi connectivity index (χ0) is 13.5. The Morgan fingerprint density at radius 3 is 3.00 bits per heavy atom. The van der Waals surface area contributed by atoms with Crippen LogP contribution < -0.4 is 10.6 Å². The number of rotatable bonds is 4. The third-order valence-corrected chi connectivity index (χ3v) is 3.27. The molecule has 5 nitrogen and oxygen atoms in total. The smallest absolute Gasteiger partial charge is 0.234 e.